The third kappa shape index (κ3) is 4.62. The van der Waals surface area contributed by atoms with Gasteiger partial charge in [0.2, 0.25) is 0 Å². The van der Waals surface area contributed by atoms with Crippen molar-refractivity contribution in [3.8, 4) is 5.75 Å². The standard InChI is InChI=1S/C17H26N2O2.ClH/c1-13(2)14-5-4-6-15(9-14)21-10-16(20)19-8-7-17(3,11-18)12-19;/h4-6,9,13H,7-8,10-12,18H2,1-3H3;1H. The number of likely N-dealkylation sites (tertiary alicyclic amines) is 1. The number of carbonyl (C=O) groups excluding carboxylic acids is 1. The summed E-state index contributed by atoms with van der Waals surface area (Å²) in [7, 11) is 0. The van der Waals surface area contributed by atoms with Gasteiger partial charge in [-0.3, -0.25) is 4.79 Å². The van der Waals surface area contributed by atoms with Crippen LogP contribution < -0.4 is 10.5 Å². The van der Waals surface area contributed by atoms with E-state index < -0.39 is 0 Å². The summed E-state index contributed by atoms with van der Waals surface area (Å²) < 4.78 is 5.65. The molecule has 1 aliphatic heterocycles. The highest BCUT2D eigenvalue weighted by Gasteiger charge is 2.34. The van der Waals surface area contributed by atoms with E-state index in [0.717, 1.165) is 25.3 Å². The van der Waals surface area contributed by atoms with Crippen LogP contribution in [0.15, 0.2) is 24.3 Å². The summed E-state index contributed by atoms with van der Waals surface area (Å²) in [5.41, 5.74) is 7.05. The van der Waals surface area contributed by atoms with E-state index >= 15 is 0 Å². The smallest absolute Gasteiger partial charge is 0.260 e. The largest absolute Gasteiger partial charge is 0.484 e. The Morgan fingerprint density at radius 3 is 2.77 bits per heavy atom. The molecule has 124 valence electrons. The van der Waals surface area contributed by atoms with E-state index in [1.807, 2.05) is 23.1 Å². The van der Waals surface area contributed by atoms with E-state index in [1.54, 1.807) is 0 Å². The Bertz CT molecular complexity index is 507. The zero-order valence-electron chi connectivity index (χ0n) is 13.7. The van der Waals surface area contributed by atoms with Crippen LogP contribution in [-0.2, 0) is 4.79 Å². The summed E-state index contributed by atoms with van der Waals surface area (Å²) in [5.74, 6) is 1.26. The molecule has 1 aromatic carbocycles. The molecule has 5 heteroatoms. The molecule has 1 amide bonds. The minimum absolute atomic E-state index is 0. The van der Waals surface area contributed by atoms with Crippen molar-refractivity contribution >= 4 is 18.3 Å². The second kappa shape index (κ2) is 7.84. The number of hydrogen-bond acceptors (Lipinski definition) is 3. The highest BCUT2D eigenvalue weighted by Crippen LogP contribution is 2.28. The third-order valence-corrected chi connectivity index (χ3v) is 4.29. The molecule has 1 heterocycles. The van der Waals surface area contributed by atoms with Gasteiger partial charge in [-0.1, -0.05) is 32.9 Å². The molecule has 1 aromatic rings. The second-order valence-electron chi connectivity index (χ2n) is 6.60. The number of hydrogen-bond donors (Lipinski definition) is 1. The van der Waals surface area contributed by atoms with Gasteiger partial charge in [0.1, 0.15) is 5.75 Å². The van der Waals surface area contributed by atoms with Crippen molar-refractivity contribution in [2.24, 2.45) is 11.1 Å². The molecular formula is C17H27ClN2O2. The predicted octanol–water partition coefficient (Wildman–Crippen LogP) is 2.81. The molecule has 0 spiro atoms. The number of nitrogens with zero attached hydrogens (tertiary/aromatic N) is 1. The van der Waals surface area contributed by atoms with Crippen LogP contribution in [0.1, 0.15) is 38.7 Å². The number of rotatable bonds is 5. The molecule has 1 aliphatic rings. The lowest BCUT2D eigenvalue weighted by molar-refractivity contribution is -0.132. The topological polar surface area (TPSA) is 55.6 Å². The fourth-order valence-corrected chi connectivity index (χ4v) is 2.60. The number of halogens is 1. The van der Waals surface area contributed by atoms with Crippen molar-refractivity contribution in [3.63, 3.8) is 0 Å². The van der Waals surface area contributed by atoms with Gasteiger partial charge in [-0.15, -0.1) is 12.4 Å². The van der Waals surface area contributed by atoms with Gasteiger partial charge in [0.05, 0.1) is 0 Å². The van der Waals surface area contributed by atoms with Crippen molar-refractivity contribution < 1.29 is 9.53 Å². The molecule has 4 nitrogen and oxygen atoms in total. The summed E-state index contributed by atoms with van der Waals surface area (Å²) >= 11 is 0. The first-order chi connectivity index (χ1) is 9.93. The van der Waals surface area contributed by atoms with Crippen LogP contribution in [0.25, 0.3) is 0 Å². The van der Waals surface area contributed by atoms with Crippen LogP contribution in [0.4, 0.5) is 0 Å². The molecule has 0 bridgehead atoms. The second-order valence-corrected chi connectivity index (χ2v) is 6.60. The lowest BCUT2D eigenvalue weighted by atomic mass is 9.90. The van der Waals surface area contributed by atoms with Gasteiger partial charge in [0.25, 0.3) is 5.91 Å². The molecule has 2 N–H and O–H groups in total. The molecule has 0 aromatic heterocycles. The quantitative estimate of drug-likeness (QED) is 0.905. The van der Waals surface area contributed by atoms with Gasteiger partial charge in [0.15, 0.2) is 6.61 Å². The van der Waals surface area contributed by atoms with Crippen LogP contribution in [-0.4, -0.2) is 37.0 Å². The SMILES string of the molecule is CC(C)c1cccc(OCC(=O)N2CCC(C)(CN)C2)c1.Cl. The summed E-state index contributed by atoms with van der Waals surface area (Å²) in [6, 6.07) is 7.95. The van der Waals surface area contributed by atoms with Crippen LogP contribution in [0, 0.1) is 5.41 Å². The number of nitrogens with two attached hydrogens (primary N) is 1. The molecule has 1 saturated heterocycles. The maximum atomic E-state index is 12.2. The van der Waals surface area contributed by atoms with Crippen LogP contribution in [0.2, 0.25) is 0 Å². The molecule has 22 heavy (non-hydrogen) atoms. The Morgan fingerprint density at radius 2 is 2.18 bits per heavy atom. The predicted molar refractivity (Wildman–Crippen MR) is 91.6 cm³/mol. The van der Waals surface area contributed by atoms with Gasteiger partial charge in [-0.2, -0.15) is 0 Å². The Morgan fingerprint density at radius 1 is 1.45 bits per heavy atom. The maximum Gasteiger partial charge on any atom is 0.260 e. The van der Waals surface area contributed by atoms with Gasteiger partial charge in [-0.25, -0.2) is 0 Å². The average molecular weight is 327 g/mol. The fraction of sp³-hybridized carbons (Fsp3) is 0.588. The molecule has 1 fully saturated rings. The van der Waals surface area contributed by atoms with Crippen LogP contribution in [0.3, 0.4) is 0 Å². The van der Waals surface area contributed by atoms with Gasteiger partial charge in [0, 0.05) is 13.1 Å². The molecular weight excluding hydrogens is 300 g/mol. The van der Waals surface area contributed by atoms with E-state index in [2.05, 4.69) is 26.8 Å². The molecule has 0 radical (unpaired) electrons. The van der Waals surface area contributed by atoms with E-state index in [0.29, 0.717) is 12.5 Å². The van der Waals surface area contributed by atoms with Crippen molar-refractivity contribution in [1.82, 2.24) is 4.90 Å². The number of benzene rings is 1. The van der Waals surface area contributed by atoms with E-state index in [4.69, 9.17) is 10.5 Å². The molecule has 1 atom stereocenters. The summed E-state index contributed by atoms with van der Waals surface area (Å²) in [4.78, 5) is 14.1. The fourth-order valence-electron chi connectivity index (χ4n) is 2.60. The number of carbonyl (C=O) groups is 1. The third-order valence-electron chi connectivity index (χ3n) is 4.29. The van der Waals surface area contributed by atoms with E-state index in [-0.39, 0.29) is 30.3 Å². The van der Waals surface area contributed by atoms with Crippen LogP contribution in [0.5, 0.6) is 5.75 Å². The normalized spacial score (nSPS) is 20.9. The minimum Gasteiger partial charge on any atom is -0.484 e. The highest BCUT2D eigenvalue weighted by atomic mass is 35.5. The molecule has 1 unspecified atom stereocenters. The zero-order chi connectivity index (χ0) is 15.5. The summed E-state index contributed by atoms with van der Waals surface area (Å²) in [6.07, 6.45) is 0.970. The van der Waals surface area contributed by atoms with Crippen molar-refractivity contribution in [2.45, 2.75) is 33.1 Å². The Balaban J connectivity index is 0.00000242. The first-order valence-electron chi connectivity index (χ1n) is 7.64. The number of ether oxygens (including phenoxy) is 1. The van der Waals surface area contributed by atoms with E-state index in [9.17, 15) is 4.79 Å². The Labute approximate surface area is 139 Å². The Hall–Kier alpha value is -1.26. The zero-order valence-corrected chi connectivity index (χ0v) is 14.5. The first-order valence-corrected chi connectivity index (χ1v) is 7.64. The minimum atomic E-state index is 0. The first kappa shape index (κ1) is 18.8. The van der Waals surface area contributed by atoms with Crippen molar-refractivity contribution in [3.05, 3.63) is 29.8 Å². The van der Waals surface area contributed by atoms with Gasteiger partial charge < -0.3 is 15.4 Å². The lowest BCUT2D eigenvalue weighted by Crippen LogP contribution is -2.36. The molecule has 2 rings (SSSR count). The highest BCUT2D eigenvalue weighted by molar-refractivity contribution is 5.85. The summed E-state index contributed by atoms with van der Waals surface area (Å²) in [5, 5.41) is 0. The Kier molecular flexibility index (Phi) is 6.69. The van der Waals surface area contributed by atoms with Gasteiger partial charge in [-0.05, 0) is 42.0 Å². The van der Waals surface area contributed by atoms with Crippen molar-refractivity contribution in [1.29, 1.82) is 0 Å². The maximum absolute atomic E-state index is 12.2. The van der Waals surface area contributed by atoms with Crippen LogP contribution >= 0.6 is 12.4 Å². The monoisotopic (exact) mass is 326 g/mol. The molecule has 0 aliphatic carbocycles. The average Bonchev–Trinajstić information content (AvgIpc) is 2.88. The number of amides is 1. The summed E-state index contributed by atoms with van der Waals surface area (Å²) in [6.45, 7) is 8.65. The van der Waals surface area contributed by atoms with Crippen molar-refractivity contribution in [2.75, 3.05) is 26.2 Å². The lowest BCUT2D eigenvalue weighted by Gasteiger charge is -2.22. The van der Waals surface area contributed by atoms with E-state index in [1.165, 1.54) is 5.56 Å². The van der Waals surface area contributed by atoms with Gasteiger partial charge >= 0.3 is 0 Å². The molecule has 0 saturated carbocycles.